The molecule has 1 aliphatic heterocycles. The van der Waals surface area contributed by atoms with Gasteiger partial charge < -0.3 is 20.5 Å². The number of amides is 2. The number of carboxylic acids is 1. The number of benzene rings is 2. The number of carbonyl (C=O) groups is 3. The maximum atomic E-state index is 14.5. The Kier molecular flexibility index (Phi) is 8.18. The van der Waals surface area contributed by atoms with Crippen LogP contribution in [0.15, 0.2) is 41.3 Å². The van der Waals surface area contributed by atoms with E-state index in [9.17, 15) is 18.8 Å². The molecule has 1 heterocycles. The molecule has 0 spiro atoms. The van der Waals surface area contributed by atoms with E-state index in [0.29, 0.717) is 42.9 Å². The largest absolute Gasteiger partial charge is 0.490 e. The van der Waals surface area contributed by atoms with E-state index in [2.05, 4.69) is 10.6 Å². The Hall–Kier alpha value is -2.78. The second-order valence-corrected chi connectivity index (χ2v) is 10.4. The van der Waals surface area contributed by atoms with Gasteiger partial charge in [0.1, 0.15) is 11.6 Å². The lowest BCUT2D eigenvalue weighted by Gasteiger charge is -2.26. The second kappa shape index (κ2) is 11.3. The van der Waals surface area contributed by atoms with Gasteiger partial charge in [0.15, 0.2) is 0 Å². The first-order valence-corrected chi connectivity index (χ1v) is 12.8. The van der Waals surface area contributed by atoms with E-state index in [1.165, 1.54) is 30.0 Å². The van der Waals surface area contributed by atoms with E-state index in [4.69, 9.17) is 21.4 Å². The molecule has 186 valence electrons. The van der Waals surface area contributed by atoms with Gasteiger partial charge in [-0.1, -0.05) is 11.6 Å². The van der Waals surface area contributed by atoms with Gasteiger partial charge in [0, 0.05) is 29.1 Å². The minimum atomic E-state index is -0.794. The first-order chi connectivity index (χ1) is 16.8. The van der Waals surface area contributed by atoms with E-state index < -0.39 is 17.7 Å². The minimum absolute atomic E-state index is 0.114. The summed E-state index contributed by atoms with van der Waals surface area (Å²) in [5, 5.41) is 14.9. The molecule has 2 aliphatic rings. The number of nitrogens with one attached hydrogen (secondary N) is 2. The molecule has 2 aromatic rings. The molecule has 2 amide bonds. The van der Waals surface area contributed by atoms with Crippen LogP contribution in [0.2, 0.25) is 5.02 Å². The number of ether oxygens (including phenoxy) is 1. The Labute approximate surface area is 211 Å². The van der Waals surface area contributed by atoms with Gasteiger partial charge >= 0.3 is 5.97 Å². The smallest absolute Gasteiger partial charge is 0.306 e. The highest BCUT2D eigenvalue weighted by molar-refractivity contribution is 8.01. The van der Waals surface area contributed by atoms with E-state index >= 15 is 0 Å². The summed E-state index contributed by atoms with van der Waals surface area (Å²) >= 11 is 7.49. The summed E-state index contributed by atoms with van der Waals surface area (Å²) in [7, 11) is 0. The number of rotatable bonds is 8. The average Bonchev–Trinajstić information content (AvgIpc) is 3.25. The third kappa shape index (κ3) is 6.46. The molecule has 35 heavy (non-hydrogen) atoms. The van der Waals surface area contributed by atoms with Crippen LogP contribution in [-0.2, 0) is 16.0 Å². The molecule has 10 heteroatoms. The summed E-state index contributed by atoms with van der Waals surface area (Å²) in [6.45, 7) is 0.381. The van der Waals surface area contributed by atoms with Crippen molar-refractivity contribution in [2.75, 3.05) is 13.1 Å². The predicted octanol–water partition coefficient (Wildman–Crippen LogP) is 4.06. The molecule has 0 bridgehead atoms. The molecule has 0 aromatic heterocycles. The fourth-order valence-electron chi connectivity index (χ4n) is 4.31. The second-order valence-electron chi connectivity index (χ2n) is 8.68. The lowest BCUT2D eigenvalue weighted by Crippen LogP contribution is -2.38. The van der Waals surface area contributed by atoms with Crippen LogP contribution in [0.25, 0.3) is 0 Å². The highest BCUT2D eigenvalue weighted by Crippen LogP contribution is 2.38. The van der Waals surface area contributed by atoms with Gasteiger partial charge in [-0.05, 0) is 68.0 Å². The lowest BCUT2D eigenvalue weighted by molar-refractivity contribution is -0.143. The molecule has 1 atom stereocenters. The number of hydrogen-bond donors (Lipinski definition) is 3. The minimum Gasteiger partial charge on any atom is -0.490 e. The van der Waals surface area contributed by atoms with E-state index in [0.717, 1.165) is 10.5 Å². The van der Waals surface area contributed by atoms with Gasteiger partial charge in [0.2, 0.25) is 5.91 Å². The highest BCUT2D eigenvalue weighted by Gasteiger charge is 2.29. The van der Waals surface area contributed by atoms with Crippen molar-refractivity contribution in [2.24, 2.45) is 5.92 Å². The van der Waals surface area contributed by atoms with Crippen LogP contribution in [0.3, 0.4) is 0 Å². The van der Waals surface area contributed by atoms with Crippen LogP contribution >= 0.6 is 23.4 Å². The van der Waals surface area contributed by atoms with Gasteiger partial charge in [-0.2, -0.15) is 0 Å². The summed E-state index contributed by atoms with van der Waals surface area (Å²) < 4.78 is 20.3. The van der Waals surface area contributed by atoms with Crippen LogP contribution in [0, 0.1) is 11.7 Å². The van der Waals surface area contributed by atoms with Crippen molar-refractivity contribution in [3.05, 3.63) is 58.4 Å². The number of hydrogen-bond acceptors (Lipinski definition) is 5. The van der Waals surface area contributed by atoms with Crippen LogP contribution in [-0.4, -0.2) is 47.3 Å². The first-order valence-electron chi connectivity index (χ1n) is 11.5. The Morgan fingerprint density at radius 3 is 2.51 bits per heavy atom. The third-order valence-corrected chi connectivity index (χ3v) is 7.76. The molecule has 1 fully saturated rings. The molecule has 7 nitrogen and oxygen atoms in total. The van der Waals surface area contributed by atoms with Crippen molar-refractivity contribution in [1.82, 2.24) is 10.6 Å². The highest BCUT2D eigenvalue weighted by atomic mass is 35.5. The Bertz CT molecular complexity index is 1120. The monoisotopic (exact) mass is 520 g/mol. The number of fused-ring (bicyclic) bond motifs is 1. The zero-order valence-corrected chi connectivity index (χ0v) is 20.5. The number of aliphatic carboxylic acids is 1. The molecule has 1 aliphatic carbocycles. The molecule has 3 N–H and O–H groups in total. The summed E-state index contributed by atoms with van der Waals surface area (Å²) in [5.74, 6) is -2.25. The zero-order chi connectivity index (χ0) is 24.9. The zero-order valence-electron chi connectivity index (χ0n) is 18.9. The SMILES string of the molecule is O=C(NCCNC(=O)C1Cc2cc(Cl)ccc2S1)c1ccc(OC2CCC(C(=O)O)CC2)cc1F. The normalized spacial score (nSPS) is 21.1. The maximum absolute atomic E-state index is 14.5. The summed E-state index contributed by atoms with van der Waals surface area (Å²) in [4.78, 5) is 36.9. The van der Waals surface area contributed by atoms with Gasteiger partial charge in [-0.3, -0.25) is 14.4 Å². The number of thioether (sulfide) groups is 1. The van der Waals surface area contributed by atoms with Crippen LogP contribution in [0.4, 0.5) is 4.39 Å². The molecule has 1 unspecified atom stereocenters. The topological polar surface area (TPSA) is 105 Å². The van der Waals surface area contributed by atoms with Crippen molar-refractivity contribution >= 4 is 41.1 Å². The van der Waals surface area contributed by atoms with Gasteiger partial charge in [-0.15, -0.1) is 11.8 Å². The molecule has 2 aromatic carbocycles. The van der Waals surface area contributed by atoms with Crippen molar-refractivity contribution in [3.63, 3.8) is 0 Å². The van der Waals surface area contributed by atoms with Crippen LogP contribution in [0.1, 0.15) is 41.6 Å². The van der Waals surface area contributed by atoms with E-state index in [1.54, 1.807) is 6.07 Å². The van der Waals surface area contributed by atoms with E-state index in [1.807, 2.05) is 12.1 Å². The Morgan fingerprint density at radius 1 is 1.06 bits per heavy atom. The Morgan fingerprint density at radius 2 is 1.80 bits per heavy atom. The number of carbonyl (C=O) groups excluding carboxylic acids is 2. The van der Waals surface area contributed by atoms with Gasteiger partial charge in [0.05, 0.1) is 22.8 Å². The summed E-state index contributed by atoms with van der Waals surface area (Å²) in [6, 6.07) is 9.63. The average molecular weight is 521 g/mol. The predicted molar refractivity (Wildman–Crippen MR) is 131 cm³/mol. The van der Waals surface area contributed by atoms with Gasteiger partial charge in [0.25, 0.3) is 5.91 Å². The molecule has 0 saturated heterocycles. The van der Waals surface area contributed by atoms with Crippen molar-refractivity contribution in [2.45, 2.75) is 48.4 Å². The summed E-state index contributed by atoms with van der Waals surface area (Å²) in [6.07, 6.45) is 2.66. The van der Waals surface area contributed by atoms with Gasteiger partial charge in [-0.25, -0.2) is 4.39 Å². The number of halogens is 2. The molecular weight excluding hydrogens is 495 g/mol. The van der Waals surface area contributed by atoms with Crippen molar-refractivity contribution < 1.29 is 28.6 Å². The fraction of sp³-hybridized carbons (Fsp3) is 0.400. The van der Waals surface area contributed by atoms with Crippen molar-refractivity contribution in [3.8, 4) is 5.75 Å². The van der Waals surface area contributed by atoms with Crippen LogP contribution < -0.4 is 15.4 Å². The quantitative estimate of drug-likeness (QED) is 0.453. The molecule has 1 saturated carbocycles. The maximum Gasteiger partial charge on any atom is 0.306 e. The third-order valence-electron chi connectivity index (χ3n) is 6.21. The van der Waals surface area contributed by atoms with Crippen LogP contribution in [0.5, 0.6) is 5.75 Å². The van der Waals surface area contributed by atoms with Crippen molar-refractivity contribution in [1.29, 1.82) is 0 Å². The Balaban J connectivity index is 1.19. The number of carboxylic acid groups (broad SMARTS) is 1. The molecule has 0 radical (unpaired) electrons. The van der Waals surface area contributed by atoms with E-state index in [-0.39, 0.29) is 41.8 Å². The summed E-state index contributed by atoms with van der Waals surface area (Å²) in [5.41, 5.74) is 0.934. The lowest BCUT2D eigenvalue weighted by atomic mass is 9.87. The fourth-order valence-corrected chi connectivity index (χ4v) is 5.70. The first kappa shape index (κ1) is 25.3. The standard InChI is InChI=1S/C25H26ClFN2O5S/c26-16-3-8-21-15(11-16)12-22(35-21)24(31)29-10-9-28-23(30)19-7-6-18(13-20(19)27)34-17-4-1-14(2-5-17)25(32)33/h3,6-8,11,13-14,17,22H,1-2,4-5,9-10,12H2,(H,28,30)(H,29,31)(H,32,33). The molecule has 4 rings (SSSR count). The molecular formula is C25H26ClFN2O5S.